The maximum absolute atomic E-state index is 12.8. The minimum atomic E-state index is -0.0614. The maximum atomic E-state index is 12.8. The van der Waals surface area contributed by atoms with Crippen molar-refractivity contribution in [3.8, 4) is 0 Å². The molecule has 5 heteroatoms. The van der Waals surface area contributed by atoms with Crippen molar-refractivity contribution in [2.45, 2.75) is 58.4 Å². The molecule has 4 aliphatic rings. The molecule has 5 rings (SSSR count). The Morgan fingerprint density at radius 2 is 1.97 bits per heavy atom. The Morgan fingerprint density at radius 1 is 1.14 bits per heavy atom. The molecule has 0 spiro atoms. The van der Waals surface area contributed by atoms with E-state index in [9.17, 15) is 9.59 Å². The van der Waals surface area contributed by atoms with Crippen LogP contribution in [0.3, 0.4) is 0 Å². The zero-order chi connectivity index (χ0) is 20.4. The van der Waals surface area contributed by atoms with E-state index in [-0.39, 0.29) is 33.8 Å². The van der Waals surface area contributed by atoms with Crippen molar-refractivity contribution < 1.29 is 9.59 Å². The number of nitrogens with one attached hydrogen (secondary N) is 1. The summed E-state index contributed by atoms with van der Waals surface area (Å²) in [5, 5.41) is 3.40. The van der Waals surface area contributed by atoms with E-state index in [1.807, 2.05) is 18.2 Å². The van der Waals surface area contributed by atoms with E-state index in [4.69, 9.17) is 0 Å². The van der Waals surface area contributed by atoms with E-state index < -0.39 is 0 Å². The summed E-state index contributed by atoms with van der Waals surface area (Å²) in [7, 11) is 0. The molecule has 3 aliphatic carbocycles. The van der Waals surface area contributed by atoms with E-state index in [0.717, 1.165) is 44.2 Å². The van der Waals surface area contributed by atoms with Gasteiger partial charge in [-0.3, -0.25) is 14.6 Å². The van der Waals surface area contributed by atoms with Crippen molar-refractivity contribution in [1.29, 1.82) is 0 Å². The molecular weight excluding hydrogens is 380 g/mol. The van der Waals surface area contributed by atoms with Crippen LogP contribution in [0.4, 0.5) is 0 Å². The van der Waals surface area contributed by atoms with Gasteiger partial charge >= 0.3 is 0 Å². The van der Waals surface area contributed by atoms with Gasteiger partial charge in [0.15, 0.2) is 5.12 Å². The summed E-state index contributed by atoms with van der Waals surface area (Å²) in [5.74, 6) is 1.85. The van der Waals surface area contributed by atoms with Gasteiger partial charge in [0.05, 0.1) is 11.3 Å². The highest BCUT2D eigenvalue weighted by Gasteiger charge is 2.61. The minimum absolute atomic E-state index is 0.00636. The Labute approximate surface area is 178 Å². The van der Waals surface area contributed by atoms with Crippen molar-refractivity contribution in [1.82, 2.24) is 10.3 Å². The zero-order valence-electron chi connectivity index (χ0n) is 17.2. The van der Waals surface area contributed by atoms with Crippen LogP contribution in [-0.4, -0.2) is 22.0 Å². The Bertz CT molecular complexity index is 884. The van der Waals surface area contributed by atoms with Crippen LogP contribution >= 0.6 is 12.6 Å². The first-order chi connectivity index (χ1) is 13.8. The number of hydrogen-bond donors (Lipinski definition) is 2. The molecule has 4 nitrogen and oxygen atoms in total. The predicted molar refractivity (Wildman–Crippen MR) is 116 cm³/mol. The average molecular weight is 411 g/mol. The topological polar surface area (TPSA) is 59.1 Å². The van der Waals surface area contributed by atoms with Gasteiger partial charge in [0.25, 0.3) is 5.91 Å². The van der Waals surface area contributed by atoms with Gasteiger partial charge in [-0.15, -0.1) is 12.6 Å². The first-order valence-corrected chi connectivity index (χ1v) is 11.5. The van der Waals surface area contributed by atoms with Crippen LogP contribution in [0.1, 0.15) is 58.1 Å². The number of rotatable bonds is 2. The van der Waals surface area contributed by atoms with Crippen LogP contribution in [-0.2, 0) is 9.59 Å². The van der Waals surface area contributed by atoms with E-state index in [2.05, 4.69) is 42.9 Å². The van der Waals surface area contributed by atoms with Crippen LogP contribution < -0.4 is 5.32 Å². The quantitative estimate of drug-likeness (QED) is 0.716. The van der Waals surface area contributed by atoms with Crippen LogP contribution in [0, 0.1) is 34.5 Å². The van der Waals surface area contributed by atoms with Gasteiger partial charge in [0.1, 0.15) is 0 Å². The Hall–Kier alpha value is -1.62. The van der Waals surface area contributed by atoms with E-state index in [0.29, 0.717) is 23.3 Å². The van der Waals surface area contributed by atoms with Crippen molar-refractivity contribution in [2.75, 3.05) is 0 Å². The molecule has 1 amide bonds. The molecule has 0 saturated heterocycles. The molecule has 29 heavy (non-hydrogen) atoms. The van der Waals surface area contributed by atoms with Gasteiger partial charge in [-0.1, -0.05) is 26.0 Å². The van der Waals surface area contributed by atoms with Crippen molar-refractivity contribution >= 4 is 29.2 Å². The smallest absolute Gasteiger partial charge is 0.253 e. The molecule has 1 aromatic heterocycles. The summed E-state index contributed by atoms with van der Waals surface area (Å²) in [6.45, 7) is 4.68. The van der Waals surface area contributed by atoms with Crippen molar-refractivity contribution in [2.24, 2.45) is 34.5 Å². The molecule has 1 aromatic rings. The molecule has 0 bridgehead atoms. The second-order valence-corrected chi connectivity index (χ2v) is 10.6. The summed E-state index contributed by atoms with van der Waals surface area (Å²) in [4.78, 5) is 29.5. The molecule has 3 unspecified atom stereocenters. The first kappa shape index (κ1) is 19.3. The molecule has 154 valence electrons. The number of carbonyl (C=O) groups is 2. The molecule has 7 atom stereocenters. The normalized spacial score (nSPS) is 43.5. The van der Waals surface area contributed by atoms with Gasteiger partial charge in [0, 0.05) is 23.6 Å². The zero-order valence-corrected chi connectivity index (χ0v) is 18.1. The first-order valence-electron chi connectivity index (χ1n) is 11.0. The minimum Gasteiger partial charge on any atom is -0.348 e. The number of carbonyl (C=O) groups excluding carboxylic acids is 2. The highest BCUT2D eigenvalue weighted by Crippen LogP contribution is 2.65. The lowest BCUT2D eigenvalue weighted by Gasteiger charge is -2.59. The van der Waals surface area contributed by atoms with Crippen molar-refractivity contribution in [3.63, 3.8) is 0 Å². The van der Waals surface area contributed by atoms with E-state index >= 15 is 0 Å². The summed E-state index contributed by atoms with van der Waals surface area (Å²) in [5.41, 5.74) is 1.50. The summed E-state index contributed by atoms with van der Waals surface area (Å²) in [6.07, 6.45) is 10.5. The maximum Gasteiger partial charge on any atom is 0.253 e. The standard InChI is InChI=1S/C24H30N2O2S/c1-23-11-10-17-14(16(23)7-8-18(23)22(28)29)6-9-20-24(17,2)13-15(21(27)26-20)19-5-3-4-12-25-19/h3-5,12-14,16-18,20H,6-11H2,1-2H3,(H,26,27)(H,28,29)/t14?,16?,17?,18-,20-,23+,24-/m1/s1. The number of thiol groups is 1. The van der Waals surface area contributed by atoms with Gasteiger partial charge < -0.3 is 5.32 Å². The third-order valence-corrected chi connectivity index (χ3v) is 9.33. The number of pyridine rings is 1. The summed E-state index contributed by atoms with van der Waals surface area (Å²) < 4.78 is 0. The van der Waals surface area contributed by atoms with E-state index in [1.165, 1.54) is 0 Å². The van der Waals surface area contributed by atoms with Gasteiger partial charge in [-0.25, -0.2) is 0 Å². The van der Waals surface area contributed by atoms with E-state index in [1.54, 1.807) is 6.20 Å². The molecule has 1 N–H and O–H groups in total. The lowest BCUT2D eigenvalue weighted by atomic mass is 9.47. The lowest BCUT2D eigenvalue weighted by molar-refractivity contribution is -0.125. The number of aromatic nitrogens is 1. The third-order valence-electron chi connectivity index (χ3n) is 9.02. The molecule has 0 radical (unpaired) electrons. The van der Waals surface area contributed by atoms with Crippen LogP contribution in [0.2, 0.25) is 0 Å². The monoisotopic (exact) mass is 410 g/mol. The summed E-state index contributed by atoms with van der Waals surface area (Å²) in [6, 6.07) is 5.94. The Balaban J connectivity index is 1.52. The SMILES string of the molecule is C[C@]12CCC3C(CC[C@H]4NC(=O)C(c5ccccn5)=C[C@]34C)C1CC[C@@H]2C(=O)S. The second kappa shape index (κ2) is 6.69. The number of fused-ring (bicyclic) bond motifs is 5. The summed E-state index contributed by atoms with van der Waals surface area (Å²) >= 11 is 4.23. The third kappa shape index (κ3) is 2.76. The lowest BCUT2D eigenvalue weighted by Crippen LogP contribution is -2.60. The van der Waals surface area contributed by atoms with Crippen LogP contribution in [0.5, 0.6) is 0 Å². The fraction of sp³-hybridized carbons (Fsp3) is 0.625. The molecule has 3 saturated carbocycles. The second-order valence-electron chi connectivity index (χ2n) is 10.1. The largest absolute Gasteiger partial charge is 0.348 e. The number of amides is 1. The number of hydrogen-bond acceptors (Lipinski definition) is 3. The molecule has 1 aliphatic heterocycles. The Kier molecular flexibility index (Phi) is 4.47. The molecule has 2 heterocycles. The van der Waals surface area contributed by atoms with Gasteiger partial charge in [0.2, 0.25) is 0 Å². The van der Waals surface area contributed by atoms with Gasteiger partial charge in [-0.2, -0.15) is 0 Å². The predicted octanol–water partition coefficient (Wildman–Crippen LogP) is 4.28. The van der Waals surface area contributed by atoms with Crippen LogP contribution in [0.25, 0.3) is 5.57 Å². The van der Waals surface area contributed by atoms with Gasteiger partial charge in [-0.05, 0) is 73.8 Å². The fourth-order valence-electron chi connectivity index (χ4n) is 7.56. The molecule has 0 aromatic carbocycles. The number of nitrogens with zero attached hydrogens (tertiary/aromatic N) is 1. The van der Waals surface area contributed by atoms with Crippen molar-refractivity contribution in [3.05, 3.63) is 36.2 Å². The molecular formula is C24H30N2O2S. The highest BCUT2D eigenvalue weighted by atomic mass is 32.1. The van der Waals surface area contributed by atoms with Crippen LogP contribution in [0.15, 0.2) is 30.5 Å². The molecule has 3 fully saturated rings. The fourth-order valence-corrected chi connectivity index (χ4v) is 7.98. The highest BCUT2D eigenvalue weighted by molar-refractivity contribution is 7.96. The Morgan fingerprint density at radius 3 is 2.69 bits per heavy atom. The average Bonchev–Trinajstić information content (AvgIpc) is 3.06.